The molecule has 1 aliphatic rings. The van der Waals surface area contributed by atoms with E-state index in [0.717, 1.165) is 18.5 Å². The third-order valence-electron chi connectivity index (χ3n) is 3.56. The Morgan fingerprint density at radius 3 is 2.83 bits per heavy atom. The number of H-pyrrole nitrogens is 1. The van der Waals surface area contributed by atoms with Gasteiger partial charge in [-0.15, -0.1) is 0 Å². The second kappa shape index (κ2) is 5.03. The van der Waals surface area contributed by atoms with Crippen molar-refractivity contribution in [2.75, 3.05) is 6.54 Å². The summed E-state index contributed by atoms with van der Waals surface area (Å²) < 4.78 is 26.7. The lowest BCUT2D eigenvalue weighted by atomic mass is 10.0. The highest BCUT2D eigenvalue weighted by Crippen LogP contribution is 2.30. The van der Waals surface area contributed by atoms with Crippen LogP contribution in [-0.4, -0.2) is 30.3 Å². The van der Waals surface area contributed by atoms with Crippen LogP contribution in [0.5, 0.6) is 0 Å². The molecule has 1 aromatic rings. The number of rotatable bonds is 4. The van der Waals surface area contributed by atoms with Crippen LogP contribution in [0.3, 0.4) is 0 Å². The molecule has 5 nitrogen and oxygen atoms in total. The third kappa shape index (κ3) is 2.32. The summed E-state index contributed by atoms with van der Waals surface area (Å²) in [5.74, 6) is 0.343. The molecule has 3 N–H and O–H groups in total. The van der Waals surface area contributed by atoms with Crippen molar-refractivity contribution < 1.29 is 8.42 Å². The van der Waals surface area contributed by atoms with Crippen LogP contribution in [-0.2, 0) is 16.6 Å². The van der Waals surface area contributed by atoms with E-state index < -0.39 is 10.0 Å². The average Bonchev–Trinajstić information content (AvgIpc) is 2.98. The Bertz CT molecular complexity index is 507. The van der Waals surface area contributed by atoms with E-state index in [2.05, 4.69) is 18.8 Å². The van der Waals surface area contributed by atoms with Gasteiger partial charge in [0.2, 0.25) is 10.0 Å². The number of nitrogens with zero attached hydrogens (tertiary/aromatic N) is 1. The fourth-order valence-electron chi connectivity index (χ4n) is 2.55. The standard InChI is InChI=1S/C12H21N3O2S/c1-9(2)12-4-3-5-15(12)18(16,17)11-6-10(7-13)14-8-11/h6,8-9,12,14H,3-5,7,13H2,1-2H3. The molecule has 1 aromatic heterocycles. The summed E-state index contributed by atoms with van der Waals surface area (Å²) in [6, 6.07) is 1.75. The van der Waals surface area contributed by atoms with Gasteiger partial charge in [-0.1, -0.05) is 13.8 Å². The Kier molecular flexibility index (Phi) is 3.79. The number of aromatic nitrogens is 1. The molecule has 0 spiro atoms. The van der Waals surface area contributed by atoms with Gasteiger partial charge in [0.1, 0.15) is 0 Å². The molecule has 6 heteroatoms. The first-order valence-corrected chi connectivity index (χ1v) is 7.80. The monoisotopic (exact) mass is 271 g/mol. The molecule has 0 bridgehead atoms. The van der Waals surface area contributed by atoms with Crippen molar-refractivity contribution in [2.24, 2.45) is 11.7 Å². The number of hydrogen-bond acceptors (Lipinski definition) is 3. The SMILES string of the molecule is CC(C)C1CCCN1S(=O)(=O)c1c[nH]c(CN)c1. The van der Waals surface area contributed by atoms with Crippen LogP contribution in [0.15, 0.2) is 17.2 Å². The van der Waals surface area contributed by atoms with E-state index in [1.54, 1.807) is 10.4 Å². The summed E-state index contributed by atoms with van der Waals surface area (Å²) in [4.78, 5) is 3.23. The first-order chi connectivity index (χ1) is 8.46. The Labute approximate surface area is 108 Å². The van der Waals surface area contributed by atoms with Crippen molar-refractivity contribution in [3.05, 3.63) is 18.0 Å². The predicted molar refractivity (Wildman–Crippen MR) is 70.4 cm³/mol. The van der Waals surface area contributed by atoms with Gasteiger partial charge in [0.15, 0.2) is 0 Å². The summed E-state index contributed by atoms with van der Waals surface area (Å²) in [6.07, 6.45) is 3.43. The van der Waals surface area contributed by atoms with Crippen LogP contribution in [0.25, 0.3) is 0 Å². The van der Waals surface area contributed by atoms with Crippen LogP contribution in [0.1, 0.15) is 32.4 Å². The van der Waals surface area contributed by atoms with Gasteiger partial charge >= 0.3 is 0 Å². The molecular formula is C12H21N3O2S. The maximum absolute atomic E-state index is 12.5. The molecule has 1 atom stereocenters. The minimum atomic E-state index is -3.38. The number of sulfonamides is 1. The Morgan fingerprint density at radius 2 is 2.28 bits per heavy atom. The second-order valence-electron chi connectivity index (χ2n) is 5.13. The molecule has 0 radical (unpaired) electrons. The molecule has 2 heterocycles. The van der Waals surface area contributed by atoms with Gasteiger partial charge in [-0.2, -0.15) is 4.31 Å². The van der Waals surface area contributed by atoms with Crippen molar-refractivity contribution in [2.45, 2.75) is 44.2 Å². The number of nitrogens with two attached hydrogens (primary N) is 1. The normalized spacial score (nSPS) is 21.9. The molecule has 1 unspecified atom stereocenters. The smallest absolute Gasteiger partial charge is 0.244 e. The van der Waals surface area contributed by atoms with Crippen LogP contribution in [0.4, 0.5) is 0 Å². The van der Waals surface area contributed by atoms with Crippen molar-refractivity contribution in [1.82, 2.24) is 9.29 Å². The van der Waals surface area contributed by atoms with Crippen LogP contribution in [0.2, 0.25) is 0 Å². The third-order valence-corrected chi connectivity index (χ3v) is 5.46. The minimum Gasteiger partial charge on any atom is -0.363 e. The van der Waals surface area contributed by atoms with Gasteiger partial charge in [0.25, 0.3) is 0 Å². The topological polar surface area (TPSA) is 79.2 Å². The lowest BCUT2D eigenvalue weighted by molar-refractivity contribution is 0.316. The maximum atomic E-state index is 12.5. The van der Waals surface area contributed by atoms with Gasteiger partial charge in [-0.25, -0.2) is 8.42 Å². The average molecular weight is 271 g/mol. The predicted octanol–water partition coefficient (Wildman–Crippen LogP) is 1.28. The Hall–Kier alpha value is -0.850. The number of hydrogen-bond donors (Lipinski definition) is 2. The lowest BCUT2D eigenvalue weighted by Gasteiger charge is -2.26. The zero-order chi connectivity index (χ0) is 13.3. The highest BCUT2D eigenvalue weighted by molar-refractivity contribution is 7.89. The highest BCUT2D eigenvalue weighted by Gasteiger charge is 2.37. The Morgan fingerprint density at radius 1 is 1.56 bits per heavy atom. The summed E-state index contributed by atoms with van der Waals surface area (Å²) in [7, 11) is -3.38. The van der Waals surface area contributed by atoms with E-state index in [1.807, 2.05) is 0 Å². The van der Waals surface area contributed by atoms with Gasteiger partial charge in [0.05, 0.1) is 4.90 Å². The summed E-state index contributed by atoms with van der Waals surface area (Å²) in [6.45, 7) is 5.08. The first kappa shape index (κ1) is 13.6. The largest absolute Gasteiger partial charge is 0.363 e. The molecule has 2 rings (SSSR count). The van der Waals surface area contributed by atoms with Gasteiger partial charge in [0, 0.05) is 31.0 Å². The van der Waals surface area contributed by atoms with E-state index >= 15 is 0 Å². The summed E-state index contributed by atoms with van der Waals surface area (Å²) in [5.41, 5.74) is 6.24. The maximum Gasteiger partial charge on any atom is 0.244 e. The number of nitrogens with one attached hydrogen (secondary N) is 1. The fraction of sp³-hybridized carbons (Fsp3) is 0.667. The highest BCUT2D eigenvalue weighted by atomic mass is 32.2. The quantitative estimate of drug-likeness (QED) is 0.866. The van der Waals surface area contributed by atoms with E-state index in [4.69, 9.17) is 5.73 Å². The van der Waals surface area contributed by atoms with Crippen LogP contribution < -0.4 is 5.73 Å². The summed E-state index contributed by atoms with van der Waals surface area (Å²) >= 11 is 0. The first-order valence-electron chi connectivity index (χ1n) is 6.36. The Balaban J connectivity index is 2.30. The zero-order valence-corrected chi connectivity index (χ0v) is 11.7. The molecule has 1 aliphatic heterocycles. The molecule has 0 aromatic carbocycles. The fourth-order valence-corrected chi connectivity index (χ4v) is 4.40. The molecule has 102 valence electrons. The lowest BCUT2D eigenvalue weighted by Crippen LogP contribution is -2.38. The molecule has 1 fully saturated rings. The van der Waals surface area contributed by atoms with E-state index in [9.17, 15) is 8.42 Å². The molecular weight excluding hydrogens is 250 g/mol. The summed E-state index contributed by atoms with van der Waals surface area (Å²) in [5, 5.41) is 0. The van der Waals surface area contributed by atoms with Gasteiger partial charge in [-0.05, 0) is 24.8 Å². The van der Waals surface area contributed by atoms with Crippen molar-refractivity contribution in [3.8, 4) is 0 Å². The molecule has 1 saturated heterocycles. The van der Waals surface area contributed by atoms with Crippen molar-refractivity contribution >= 4 is 10.0 Å². The molecule has 0 amide bonds. The number of aromatic amines is 1. The van der Waals surface area contributed by atoms with E-state index in [1.165, 1.54) is 6.20 Å². The zero-order valence-electron chi connectivity index (χ0n) is 10.9. The van der Waals surface area contributed by atoms with E-state index in [-0.39, 0.29) is 6.04 Å². The molecule has 0 saturated carbocycles. The van der Waals surface area contributed by atoms with Crippen LogP contribution >= 0.6 is 0 Å². The van der Waals surface area contributed by atoms with Crippen LogP contribution in [0, 0.1) is 5.92 Å². The second-order valence-corrected chi connectivity index (χ2v) is 7.02. The van der Waals surface area contributed by atoms with E-state index in [0.29, 0.717) is 23.9 Å². The van der Waals surface area contributed by atoms with Crippen molar-refractivity contribution in [1.29, 1.82) is 0 Å². The minimum absolute atomic E-state index is 0.117. The van der Waals surface area contributed by atoms with Gasteiger partial charge < -0.3 is 10.7 Å². The van der Waals surface area contributed by atoms with Crippen molar-refractivity contribution in [3.63, 3.8) is 0 Å². The molecule has 0 aliphatic carbocycles. The molecule has 18 heavy (non-hydrogen) atoms. The van der Waals surface area contributed by atoms with Gasteiger partial charge in [-0.3, -0.25) is 0 Å².